The second-order valence-corrected chi connectivity index (χ2v) is 6.11. The fourth-order valence-corrected chi connectivity index (χ4v) is 2.25. The van der Waals surface area contributed by atoms with Crippen LogP contribution in [0.15, 0.2) is 11.2 Å². The van der Waals surface area contributed by atoms with Crippen molar-refractivity contribution in [3.8, 4) is 0 Å². The molecule has 1 aromatic heterocycles. The van der Waals surface area contributed by atoms with E-state index in [1.54, 1.807) is 18.5 Å². The molecule has 2 N–H and O–H groups in total. The highest BCUT2D eigenvalue weighted by Crippen LogP contribution is 2.08. The van der Waals surface area contributed by atoms with E-state index >= 15 is 0 Å². The van der Waals surface area contributed by atoms with Gasteiger partial charge in [-0.1, -0.05) is 13.8 Å². The van der Waals surface area contributed by atoms with E-state index in [2.05, 4.69) is 9.71 Å². The monoisotopic (exact) mass is 261 g/mol. The standard InChI is InChI=1S/C10H19N3O3S/c1-7(2)9(14)5-11-17(15,16)10-6-13(4)8(3)12-10/h6-7,9,11,14H,5H2,1-4H3. The highest BCUT2D eigenvalue weighted by Gasteiger charge is 2.20. The van der Waals surface area contributed by atoms with E-state index < -0.39 is 16.1 Å². The number of imidazole rings is 1. The van der Waals surface area contributed by atoms with Gasteiger partial charge in [0.2, 0.25) is 0 Å². The molecule has 1 heterocycles. The van der Waals surface area contributed by atoms with Gasteiger partial charge in [-0.2, -0.15) is 0 Å². The van der Waals surface area contributed by atoms with E-state index in [4.69, 9.17) is 0 Å². The lowest BCUT2D eigenvalue weighted by molar-refractivity contribution is 0.129. The topological polar surface area (TPSA) is 84.2 Å². The maximum Gasteiger partial charge on any atom is 0.259 e. The fourth-order valence-electron chi connectivity index (χ4n) is 1.16. The number of nitrogens with one attached hydrogen (secondary N) is 1. The van der Waals surface area contributed by atoms with Gasteiger partial charge in [0, 0.05) is 19.8 Å². The van der Waals surface area contributed by atoms with Gasteiger partial charge < -0.3 is 9.67 Å². The predicted octanol–water partition coefficient (Wildman–Crippen LogP) is 0.0237. The van der Waals surface area contributed by atoms with Crippen LogP contribution in [0.4, 0.5) is 0 Å². The van der Waals surface area contributed by atoms with Gasteiger partial charge in [-0.25, -0.2) is 18.1 Å². The number of aromatic nitrogens is 2. The van der Waals surface area contributed by atoms with Crippen LogP contribution in [-0.2, 0) is 17.1 Å². The van der Waals surface area contributed by atoms with Gasteiger partial charge in [0.15, 0.2) is 5.03 Å². The zero-order chi connectivity index (χ0) is 13.2. The first-order valence-electron chi connectivity index (χ1n) is 5.41. The Bertz CT molecular complexity index is 459. The second-order valence-electron chi connectivity index (χ2n) is 4.40. The van der Waals surface area contributed by atoms with Crippen molar-refractivity contribution in [3.63, 3.8) is 0 Å². The zero-order valence-corrected chi connectivity index (χ0v) is 11.3. The number of rotatable bonds is 5. The maximum absolute atomic E-state index is 11.8. The zero-order valence-electron chi connectivity index (χ0n) is 10.5. The van der Waals surface area contributed by atoms with Crippen molar-refractivity contribution in [1.82, 2.24) is 14.3 Å². The molecule has 1 aromatic rings. The third kappa shape index (κ3) is 3.52. The second kappa shape index (κ2) is 5.16. The third-order valence-corrected chi connectivity index (χ3v) is 3.91. The van der Waals surface area contributed by atoms with Crippen LogP contribution in [-0.4, -0.2) is 35.7 Å². The Balaban J connectivity index is 2.76. The van der Waals surface area contributed by atoms with Crippen LogP contribution in [0.3, 0.4) is 0 Å². The molecule has 6 nitrogen and oxygen atoms in total. The summed E-state index contributed by atoms with van der Waals surface area (Å²) in [6, 6.07) is 0. The Kier molecular flexibility index (Phi) is 4.29. The van der Waals surface area contributed by atoms with E-state index in [0.29, 0.717) is 5.82 Å². The molecule has 0 saturated heterocycles. The minimum Gasteiger partial charge on any atom is -0.391 e. The van der Waals surface area contributed by atoms with Crippen molar-refractivity contribution in [2.45, 2.75) is 31.9 Å². The number of aliphatic hydroxyl groups is 1. The number of hydrogen-bond donors (Lipinski definition) is 2. The molecular formula is C10H19N3O3S. The summed E-state index contributed by atoms with van der Waals surface area (Å²) in [7, 11) is -1.91. The lowest BCUT2D eigenvalue weighted by Crippen LogP contribution is -2.34. The molecule has 1 atom stereocenters. The molecule has 7 heteroatoms. The van der Waals surface area contributed by atoms with Crippen LogP contribution in [0.25, 0.3) is 0 Å². The number of aliphatic hydroxyl groups excluding tert-OH is 1. The van der Waals surface area contributed by atoms with Crippen molar-refractivity contribution < 1.29 is 13.5 Å². The summed E-state index contributed by atoms with van der Waals surface area (Å²) in [4.78, 5) is 3.94. The first kappa shape index (κ1) is 14.1. The van der Waals surface area contributed by atoms with E-state index in [1.165, 1.54) is 6.20 Å². The lowest BCUT2D eigenvalue weighted by Gasteiger charge is -2.14. The molecule has 0 saturated carbocycles. The number of sulfonamides is 1. The van der Waals surface area contributed by atoms with Gasteiger partial charge in [-0.05, 0) is 12.8 Å². The summed E-state index contributed by atoms with van der Waals surface area (Å²) in [6.07, 6.45) is 0.744. The molecule has 0 aliphatic carbocycles. The largest absolute Gasteiger partial charge is 0.391 e. The third-order valence-electron chi connectivity index (χ3n) is 2.61. The van der Waals surface area contributed by atoms with Gasteiger partial charge in [-0.15, -0.1) is 0 Å². The van der Waals surface area contributed by atoms with Crippen molar-refractivity contribution in [3.05, 3.63) is 12.0 Å². The average molecular weight is 261 g/mol. The first-order valence-corrected chi connectivity index (χ1v) is 6.90. The lowest BCUT2D eigenvalue weighted by atomic mass is 10.1. The Morgan fingerprint density at radius 3 is 2.53 bits per heavy atom. The van der Waals surface area contributed by atoms with Crippen molar-refractivity contribution in [2.24, 2.45) is 13.0 Å². The first-order chi connectivity index (χ1) is 7.74. The van der Waals surface area contributed by atoms with E-state index in [9.17, 15) is 13.5 Å². The van der Waals surface area contributed by atoms with Crippen molar-refractivity contribution in [2.75, 3.05) is 6.54 Å². The summed E-state index contributed by atoms with van der Waals surface area (Å²) in [5.74, 6) is 0.623. The molecule has 0 aliphatic rings. The summed E-state index contributed by atoms with van der Waals surface area (Å²) < 4.78 is 27.6. The van der Waals surface area contributed by atoms with Crippen molar-refractivity contribution in [1.29, 1.82) is 0 Å². The molecule has 1 rings (SSSR count). The van der Waals surface area contributed by atoms with Crippen LogP contribution in [0.5, 0.6) is 0 Å². The Morgan fingerprint density at radius 2 is 2.12 bits per heavy atom. The number of nitrogens with zero attached hydrogens (tertiary/aromatic N) is 2. The number of aryl methyl sites for hydroxylation is 2. The molecule has 17 heavy (non-hydrogen) atoms. The normalized spacial score (nSPS) is 14.2. The van der Waals surface area contributed by atoms with Gasteiger partial charge >= 0.3 is 0 Å². The molecular weight excluding hydrogens is 242 g/mol. The molecule has 1 unspecified atom stereocenters. The molecule has 0 radical (unpaired) electrons. The highest BCUT2D eigenvalue weighted by molar-refractivity contribution is 7.89. The van der Waals surface area contributed by atoms with E-state index in [1.807, 2.05) is 13.8 Å². The SMILES string of the molecule is Cc1nc(S(=O)(=O)NCC(O)C(C)C)cn1C. The predicted molar refractivity (Wildman–Crippen MR) is 64.0 cm³/mol. The molecule has 0 aromatic carbocycles. The van der Waals surface area contributed by atoms with Crippen LogP contribution in [0, 0.1) is 12.8 Å². The van der Waals surface area contributed by atoms with E-state index in [-0.39, 0.29) is 17.5 Å². The minimum atomic E-state index is -3.63. The molecule has 0 aliphatic heterocycles. The fraction of sp³-hybridized carbons (Fsp3) is 0.700. The Morgan fingerprint density at radius 1 is 1.53 bits per heavy atom. The van der Waals surface area contributed by atoms with Crippen molar-refractivity contribution >= 4 is 10.0 Å². The summed E-state index contributed by atoms with van der Waals surface area (Å²) in [5, 5.41) is 9.52. The quantitative estimate of drug-likeness (QED) is 0.783. The maximum atomic E-state index is 11.8. The molecule has 0 amide bonds. The smallest absolute Gasteiger partial charge is 0.259 e. The van der Waals surface area contributed by atoms with Gasteiger partial charge in [-0.3, -0.25) is 0 Å². The summed E-state index contributed by atoms with van der Waals surface area (Å²) in [5.41, 5.74) is 0. The molecule has 98 valence electrons. The van der Waals surface area contributed by atoms with Gasteiger partial charge in [0.25, 0.3) is 10.0 Å². The molecule has 0 fully saturated rings. The van der Waals surface area contributed by atoms with E-state index in [0.717, 1.165) is 0 Å². The summed E-state index contributed by atoms with van der Waals surface area (Å²) in [6.45, 7) is 5.37. The highest BCUT2D eigenvalue weighted by atomic mass is 32.2. The summed E-state index contributed by atoms with van der Waals surface area (Å²) >= 11 is 0. The average Bonchev–Trinajstić information content (AvgIpc) is 2.56. The Labute approximate surface area is 102 Å². The molecule has 0 spiro atoms. The van der Waals surface area contributed by atoms with Crippen LogP contribution >= 0.6 is 0 Å². The molecule has 0 bridgehead atoms. The number of hydrogen-bond acceptors (Lipinski definition) is 4. The Hall–Kier alpha value is -0.920. The minimum absolute atomic E-state index is 0.00293. The van der Waals surface area contributed by atoms with Crippen LogP contribution in [0.1, 0.15) is 19.7 Å². The van der Waals surface area contributed by atoms with Gasteiger partial charge in [0.1, 0.15) is 5.82 Å². The van der Waals surface area contributed by atoms with Crippen LogP contribution in [0.2, 0.25) is 0 Å². The van der Waals surface area contributed by atoms with Gasteiger partial charge in [0.05, 0.1) is 6.10 Å². The van der Waals surface area contributed by atoms with Crippen LogP contribution < -0.4 is 4.72 Å².